The first-order chi connectivity index (χ1) is 12.6. The number of hydrogen-bond donors (Lipinski definition) is 1. The van der Waals surface area contributed by atoms with Crippen molar-refractivity contribution in [1.82, 2.24) is 10.1 Å². The fourth-order valence-electron chi connectivity index (χ4n) is 2.55. The highest BCUT2D eigenvalue weighted by Crippen LogP contribution is 2.32. The summed E-state index contributed by atoms with van der Waals surface area (Å²) >= 11 is 0. The molecule has 2 aromatic carbocycles. The van der Waals surface area contributed by atoms with Gasteiger partial charge in [-0.1, -0.05) is 11.2 Å². The van der Waals surface area contributed by atoms with Gasteiger partial charge < -0.3 is 24.1 Å². The minimum atomic E-state index is 0.380. The van der Waals surface area contributed by atoms with Gasteiger partial charge in [0.15, 0.2) is 0 Å². The lowest BCUT2D eigenvalue weighted by molar-refractivity contribution is 0.381. The third-order valence-corrected chi connectivity index (χ3v) is 3.90. The summed E-state index contributed by atoms with van der Waals surface area (Å²) in [7, 11) is 4.83. The van der Waals surface area contributed by atoms with E-state index in [9.17, 15) is 0 Å². The predicted octanol–water partition coefficient (Wildman–Crippen LogP) is 3.68. The highest BCUT2D eigenvalue weighted by atomic mass is 16.5. The molecule has 1 N–H and O–H groups in total. The first-order valence-corrected chi connectivity index (χ1v) is 8.08. The maximum atomic E-state index is 5.39. The Hall–Kier alpha value is -3.22. The minimum absolute atomic E-state index is 0.380. The lowest BCUT2D eigenvalue weighted by Crippen LogP contribution is -2.02. The molecule has 136 valence electrons. The summed E-state index contributed by atoms with van der Waals surface area (Å²) < 4.78 is 21.3. The first-order valence-electron chi connectivity index (χ1n) is 8.08. The molecule has 0 unspecified atom stereocenters. The fraction of sp³-hybridized carbons (Fsp3) is 0.263. The molecule has 0 saturated heterocycles. The second kappa shape index (κ2) is 7.77. The molecule has 3 aromatic rings. The maximum absolute atomic E-state index is 5.39. The zero-order valence-corrected chi connectivity index (χ0v) is 15.2. The van der Waals surface area contributed by atoms with Crippen LogP contribution in [0.5, 0.6) is 17.2 Å². The number of anilines is 1. The summed E-state index contributed by atoms with van der Waals surface area (Å²) in [5.74, 6) is 2.98. The van der Waals surface area contributed by atoms with Crippen molar-refractivity contribution in [2.75, 3.05) is 26.6 Å². The van der Waals surface area contributed by atoms with Crippen molar-refractivity contribution in [2.24, 2.45) is 0 Å². The molecule has 0 amide bonds. The van der Waals surface area contributed by atoms with Gasteiger partial charge in [0.2, 0.25) is 11.7 Å². The molecule has 26 heavy (non-hydrogen) atoms. The van der Waals surface area contributed by atoms with Crippen molar-refractivity contribution in [1.29, 1.82) is 0 Å². The molecule has 0 fully saturated rings. The quantitative estimate of drug-likeness (QED) is 0.692. The van der Waals surface area contributed by atoms with E-state index in [4.69, 9.17) is 18.7 Å². The molecule has 0 saturated carbocycles. The van der Waals surface area contributed by atoms with Crippen molar-refractivity contribution >= 4 is 5.69 Å². The number of nitrogens with zero attached hydrogens (tertiary/aromatic N) is 2. The Morgan fingerprint density at radius 2 is 1.77 bits per heavy atom. The number of nitrogens with one attached hydrogen (secondary N) is 1. The molecule has 0 radical (unpaired) electrons. The van der Waals surface area contributed by atoms with Gasteiger partial charge in [-0.15, -0.1) is 0 Å². The Kier molecular flexibility index (Phi) is 5.26. The van der Waals surface area contributed by atoms with E-state index in [-0.39, 0.29) is 0 Å². The molecule has 3 rings (SSSR count). The van der Waals surface area contributed by atoms with E-state index in [2.05, 4.69) is 15.5 Å². The monoisotopic (exact) mass is 355 g/mol. The lowest BCUT2D eigenvalue weighted by atomic mass is 10.2. The van der Waals surface area contributed by atoms with Gasteiger partial charge >= 0.3 is 0 Å². The van der Waals surface area contributed by atoms with Crippen LogP contribution in [-0.4, -0.2) is 31.5 Å². The molecule has 0 bridgehead atoms. The van der Waals surface area contributed by atoms with Gasteiger partial charge in [0.05, 0.1) is 39.1 Å². The van der Waals surface area contributed by atoms with Gasteiger partial charge in [-0.2, -0.15) is 4.98 Å². The van der Waals surface area contributed by atoms with Crippen LogP contribution in [-0.2, 0) is 6.54 Å². The number of methoxy groups -OCH3 is 3. The summed E-state index contributed by atoms with van der Waals surface area (Å²) in [6.07, 6.45) is 0. The van der Waals surface area contributed by atoms with Crippen molar-refractivity contribution in [3.63, 3.8) is 0 Å². The van der Waals surface area contributed by atoms with E-state index in [1.54, 1.807) is 27.4 Å². The molecular formula is C19H21N3O4. The number of rotatable bonds is 7. The SMILES string of the molecule is COc1ccc(-c2noc(CNc3cc(C)ccc3OC)n2)c(OC)c1. The molecule has 0 spiro atoms. The molecule has 7 nitrogen and oxygen atoms in total. The third-order valence-electron chi connectivity index (χ3n) is 3.90. The van der Waals surface area contributed by atoms with E-state index in [1.165, 1.54) is 0 Å². The van der Waals surface area contributed by atoms with Crippen LogP contribution >= 0.6 is 0 Å². The largest absolute Gasteiger partial charge is 0.497 e. The molecule has 0 aliphatic carbocycles. The van der Waals surface area contributed by atoms with Crippen molar-refractivity contribution in [3.8, 4) is 28.6 Å². The second-order valence-corrected chi connectivity index (χ2v) is 5.64. The van der Waals surface area contributed by atoms with Gasteiger partial charge in [0.1, 0.15) is 17.2 Å². The lowest BCUT2D eigenvalue weighted by Gasteiger charge is -2.10. The Morgan fingerprint density at radius 1 is 0.962 bits per heavy atom. The zero-order chi connectivity index (χ0) is 18.5. The molecular weight excluding hydrogens is 334 g/mol. The molecule has 0 atom stereocenters. The van der Waals surface area contributed by atoms with Crippen molar-refractivity contribution in [3.05, 3.63) is 47.9 Å². The minimum Gasteiger partial charge on any atom is -0.497 e. The molecule has 1 aromatic heterocycles. The standard InChI is InChI=1S/C19H21N3O4/c1-12-5-8-16(24-3)15(9-12)20-11-18-21-19(22-26-18)14-7-6-13(23-2)10-17(14)25-4/h5-10,20H,11H2,1-4H3. The number of aryl methyl sites for hydroxylation is 1. The average Bonchev–Trinajstić information content (AvgIpc) is 3.14. The van der Waals surface area contributed by atoms with Crippen LogP contribution < -0.4 is 19.5 Å². The molecule has 1 heterocycles. The first kappa shape index (κ1) is 17.6. The Labute approximate surface area is 151 Å². The predicted molar refractivity (Wildman–Crippen MR) is 97.9 cm³/mol. The van der Waals surface area contributed by atoms with Crippen LogP contribution in [0.25, 0.3) is 11.4 Å². The van der Waals surface area contributed by atoms with Gasteiger partial charge in [-0.3, -0.25) is 0 Å². The van der Waals surface area contributed by atoms with Crippen LogP contribution in [0.2, 0.25) is 0 Å². The van der Waals surface area contributed by atoms with Crippen molar-refractivity contribution < 1.29 is 18.7 Å². The van der Waals surface area contributed by atoms with Crippen LogP contribution in [0.3, 0.4) is 0 Å². The van der Waals surface area contributed by atoms with Crippen LogP contribution in [0.4, 0.5) is 5.69 Å². The normalized spacial score (nSPS) is 10.5. The van der Waals surface area contributed by atoms with Gasteiger partial charge in [-0.25, -0.2) is 0 Å². The smallest absolute Gasteiger partial charge is 0.246 e. The van der Waals surface area contributed by atoms with E-state index >= 15 is 0 Å². The fourth-order valence-corrected chi connectivity index (χ4v) is 2.55. The number of hydrogen-bond acceptors (Lipinski definition) is 7. The Morgan fingerprint density at radius 3 is 2.50 bits per heavy atom. The van der Waals surface area contributed by atoms with Crippen LogP contribution in [0, 0.1) is 6.92 Å². The topological polar surface area (TPSA) is 78.6 Å². The highest BCUT2D eigenvalue weighted by molar-refractivity contribution is 5.65. The van der Waals surface area contributed by atoms with Gasteiger partial charge in [0.25, 0.3) is 0 Å². The summed E-state index contributed by atoms with van der Waals surface area (Å²) in [6.45, 7) is 2.40. The van der Waals surface area contributed by atoms with Crippen LogP contribution in [0.1, 0.15) is 11.5 Å². The summed E-state index contributed by atoms with van der Waals surface area (Å²) in [5.41, 5.74) is 2.73. The Balaban J connectivity index is 1.78. The number of benzene rings is 2. The summed E-state index contributed by atoms with van der Waals surface area (Å²) in [5, 5.41) is 7.31. The average molecular weight is 355 g/mol. The number of aromatic nitrogens is 2. The van der Waals surface area contributed by atoms with E-state index in [0.29, 0.717) is 29.8 Å². The summed E-state index contributed by atoms with van der Waals surface area (Å²) in [4.78, 5) is 4.44. The zero-order valence-electron chi connectivity index (χ0n) is 15.2. The highest BCUT2D eigenvalue weighted by Gasteiger charge is 2.14. The van der Waals surface area contributed by atoms with Gasteiger partial charge in [-0.05, 0) is 36.8 Å². The van der Waals surface area contributed by atoms with E-state index < -0.39 is 0 Å². The third kappa shape index (κ3) is 3.72. The van der Waals surface area contributed by atoms with Gasteiger partial charge in [0, 0.05) is 6.07 Å². The second-order valence-electron chi connectivity index (χ2n) is 5.64. The van der Waals surface area contributed by atoms with Crippen LogP contribution in [0.15, 0.2) is 40.9 Å². The van der Waals surface area contributed by atoms with Crippen molar-refractivity contribution in [2.45, 2.75) is 13.5 Å². The van der Waals surface area contributed by atoms with E-state index in [0.717, 1.165) is 22.6 Å². The number of ether oxygens (including phenoxy) is 3. The molecule has 0 aliphatic heterocycles. The Bertz CT molecular complexity index is 892. The molecule has 7 heteroatoms. The molecule has 0 aliphatic rings. The maximum Gasteiger partial charge on any atom is 0.246 e. The summed E-state index contributed by atoms with van der Waals surface area (Å²) in [6, 6.07) is 11.3. The van der Waals surface area contributed by atoms with E-state index in [1.807, 2.05) is 37.3 Å².